The summed E-state index contributed by atoms with van der Waals surface area (Å²) in [4.78, 5) is 0. The van der Waals surface area contributed by atoms with Crippen molar-refractivity contribution in [3.05, 3.63) is 24.0 Å². The molecular weight excluding hydrogens is 136 g/mol. The Hall–Kier alpha value is -0.760. The molecule has 1 aromatic rings. The quantitative estimate of drug-likeness (QED) is 0.695. The number of nitrogens with two attached hydrogens (primary N) is 1. The van der Waals surface area contributed by atoms with E-state index in [0.29, 0.717) is 6.04 Å². The summed E-state index contributed by atoms with van der Waals surface area (Å²) < 4.78 is 2.14. The minimum Gasteiger partial charge on any atom is -0.354 e. The highest BCUT2D eigenvalue weighted by atomic mass is 14.9. The van der Waals surface area contributed by atoms with Crippen molar-refractivity contribution in [3.63, 3.8) is 0 Å². The van der Waals surface area contributed by atoms with Gasteiger partial charge in [0.05, 0.1) is 0 Å². The summed E-state index contributed by atoms with van der Waals surface area (Å²) in [7, 11) is 2.07. The van der Waals surface area contributed by atoms with Crippen LogP contribution < -0.4 is 5.73 Å². The Morgan fingerprint density at radius 1 is 1.64 bits per heavy atom. The lowest BCUT2D eigenvalue weighted by molar-refractivity contribution is 0.644. The van der Waals surface area contributed by atoms with Crippen molar-refractivity contribution in [2.45, 2.75) is 25.8 Å². The standard InChI is InChI=1S/C9H16N2/c1-8(10)5-6-9-4-3-7-11(9)2/h3-4,7-8H,5-6,10H2,1-2H3/t8-/m0/s1. The van der Waals surface area contributed by atoms with E-state index in [1.807, 2.05) is 6.92 Å². The van der Waals surface area contributed by atoms with Gasteiger partial charge < -0.3 is 10.3 Å². The number of aryl methyl sites for hydroxylation is 2. The van der Waals surface area contributed by atoms with Gasteiger partial charge in [0.2, 0.25) is 0 Å². The molecule has 62 valence electrons. The van der Waals surface area contributed by atoms with Crippen molar-refractivity contribution < 1.29 is 0 Å². The topological polar surface area (TPSA) is 30.9 Å². The van der Waals surface area contributed by atoms with Crippen molar-refractivity contribution in [2.75, 3.05) is 0 Å². The normalized spacial score (nSPS) is 13.4. The van der Waals surface area contributed by atoms with Crippen LogP contribution in [0.5, 0.6) is 0 Å². The first-order valence-electron chi connectivity index (χ1n) is 4.06. The largest absolute Gasteiger partial charge is 0.354 e. The van der Waals surface area contributed by atoms with Crippen LogP contribution in [0.2, 0.25) is 0 Å². The summed E-state index contributed by atoms with van der Waals surface area (Å²) in [5.41, 5.74) is 7.01. The van der Waals surface area contributed by atoms with E-state index in [1.165, 1.54) is 5.69 Å². The zero-order chi connectivity index (χ0) is 8.27. The summed E-state index contributed by atoms with van der Waals surface area (Å²) in [6, 6.07) is 4.52. The Morgan fingerprint density at radius 3 is 2.82 bits per heavy atom. The van der Waals surface area contributed by atoms with E-state index in [1.54, 1.807) is 0 Å². The first-order chi connectivity index (χ1) is 5.20. The molecule has 2 heteroatoms. The minimum absolute atomic E-state index is 0.310. The third-order valence-electron chi connectivity index (χ3n) is 1.91. The molecule has 0 unspecified atom stereocenters. The molecule has 11 heavy (non-hydrogen) atoms. The lowest BCUT2D eigenvalue weighted by Crippen LogP contribution is -2.15. The molecule has 1 rings (SSSR count). The van der Waals surface area contributed by atoms with Crippen molar-refractivity contribution in [2.24, 2.45) is 12.8 Å². The van der Waals surface area contributed by atoms with Gasteiger partial charge in [-0.25, -0.2) is 0 Å². The van der Waals surface area contributed by atoms with E-state index in [4.69, 9.17) is 5.73 Å². The molecule has 1 aromatic heterocycles. The smallest absolute Gasteiger partial charge is 0.0172 e. The summed E-state index contributed by atoms with van der Waals surface area (Å²) in [5.74, 6) is 0. The maximum absolute atomic E-state index is 5.65. The first-order valence-corrected chi connectivity index (χ1v) is 4.06. The van der Waals surface area contributed by atoms with E-state index in [9.17, 15) is 0 Å². The molecule has 0 aliphatic carbocycles. The SMILES string of the molecule is C[C@H](N)CCc1cccn1C. The molecule has 0 bridgehead atoms. The molecule has 2 nitrogen and oxygen atoms in total. The fourth-order valence-corrected chi connectivity index (χ4v) is 1.13. The van der Waals surface area contributed by atoms with Crippen LogP contribution in [0.15, 0.2) is 18.3 Å². The lowest BCUT2D eigenvalue weighted by Gasteiger charge is -2.05. The van der Waals surface area contributed by atoms with Gasteiger partial charge in [-0.1, -0.05) is 0 Å². The Balaban J connectivity index is 2.44. The van der Waals surface area contributed by atoms with Gasteiger partial charge in [0.1, 0.15) is 0 Å². The van der Waals surface area contributed by atoms with Gasteiger partial charge in [0, 0.05) is 25.0 Å². The average Bonchev–Trinajstić information content (AvgIpc) is 2.31. The number of hydrogen-bond donors (Lipinski definition) is 1. The molecule has 1 atom stereocenters. The van der Waals surface area contributed by atoms with E-state index in [0.717, 1.165) is 12.8 Å². The van der Waals surface area contributed by atoms with Crippen LogP contribution in [0.25, 0.3) is 0 Å². The Labute approximate surface area is 68.0 Å². The number of hydrogen-bond acceptors (Lipinski definition) is 1. The van der Waals surface area contributed by atoms with Gasteiger partial charge in [0.15, 0.2) is 0 Å². The average molecular weight is 152 g/mol. The van der Waals surface area contributed by atoms with Gasteiger partial charge in [-0.15, -0.1) is 0 Å². The van der Waals surface area contributed by atoms with E-state index >= 15 is 0 Å². The van der Waals surface area contributed by atoms with Crippen molar-refractivity contribution in [1.82, 2.24) is 4.57 Å². The van der Waals surface area contributed by atoms with Crippen molar-refractivity contribution in [3.8, 4) is 0 Å². The molecular formula is C9H16N2. The number of aromatic nitrogens is 1. The molecule has 0 radical (unpaired) electrons. The minimum atomic E-state index is 0.310. The summed E-state index contributed by atoms with van der Waals surface area (Å²) in [6.07, 6.45) is 4.22. The molecule has 2 N–H and O–H groups in total. The maximum Gasteiger partial charge on any atom is 0.0172 e. The van der Waals surface area contributed by atoms with Gasteiger partial charge >= 0.3 is 0 Å². The van der Waals surface area contributed by atoms with E-state index in [2.05, 4.69) is 29.9 Å². The molecule has 0 spiro atoms. The molecule has 1 heterocycles. The monoisotopic (exact) mass is 152 g/mol. The molecule has 0 saturated heterocycles. The summed E-state index contributed by atoms with van der Waals surface area (Å²) >= 11 is 0. The molecule has 0 saturated carbocycles. The second kappa shape index (κ2) is 3.58. The van der Waals surface area contributed by atoms with Crippen LogP contribution in [-0.4, -0.2) is 10.6 Å². The van der Waals surface area contributed by atoms with Gasteiger partial charge in [0.25, 0.3) is 0 Å². The maximum atomic E-state index is 5.65. The fraction of sp³-hybridized carbons (Fsp3) is 0.556. The summed E-state index contributed by atoms with van der Waals surface area (Å²) in [5, 5.41) is 0. The molecule has 0 aliphatic rings. The van der Waals surface area contributed by atoms with Crippen LogP contribution >= 0.6 is 0 Å². The van der Waals surface area contributed by atoms with Crippen LogP contribution in [0.1, 0.15) is 19.0 Å². The number of rotatable bonds is 3. The Bertz CT molecular complexity index is 213. The molecule has 0 amide bonds. The highest BCUT2D eigenvalue weighted by Gasteiger charge is 1.98. The van der Waals surface area contributed by atoms with Crippen LogP contribution in [-0.2, 0) is 13.5 Å². The number of nitrogens with zero attached hydrogens (tertiary/aromatic N) is 1. The van der Waals surface area contributed by atoms with E-state index < -0.39 is 0 Å². The fourth-order valence-electron chi connectivity index (χ4n) is 1.13. The zero-order valence-electron chi connectivity index (χ0n) is 7.25. The molecule has 0 aromatic carbocycles. The summed E-state index contributed by atoms with van der Waals surface area (Å²) in [6.45, 7) is 2.04. The third kappa shape index (κ3) is 2.39. The second-order valence-corrected chi connectivity index (χ2v) is 3.13. The van der Waals surface area contributed by atoms with Gasteiger partial charge in [-0.05, 0) is 31.9 Å². The van der Waals surface area contributed by atoms with Gasteiger partial charge in [-0.2, -0.15) is 0 Å². The zero-order valence-corrected chi connectivity index (χ0v) is 7.25. The lowest BCUT2D eigenvalue weighted by atomic mass is 10.1. The van der Waals surface area contributed by atoms with E-state index in [-0.39, 0.29) is 0 Å². The first kappa shape index (κ1) is 8.34. The van der Waals surface area contributed by atoms with Crippen LogP contribution in [0, 0.1) is 0 Å². The third-order valence-corrected chi connectivity index (χ3v) is 1.91. The highest BCUT2D eigenvalue weighted by molar-refractivity contribution is 5.06. The van der Waals surface area contributed by atoms with Crippen molar-refractivity contribution >= 4 is 0 Å². The van der Waals surface area contributed by atoms with Crippen molar-refractivity contribution in [1.29, 1.82) is 0 Å². The molecule has 0 fully saturated rings. The Kier molecular flexibility index (Phi) is 2.71. The van der Waals surface area contributed by atoms with Crippen LogP contribution in [0.4, 0.5) is 0 Å². The second-order valence-electron chi connectivity index (χ2n) is 3.13. The predicted molar refractivity (Wildman–Crippen MR) is 47.4 cm³/mol. The van der Waals surface area contributed by atoms with Gasteiger partial charge in [-0.3, -0.25) is 0 Å². The highest BCUT2D eigenvalue weighted by Crippen LogP contribution is 2.03. The predicted octanol–water partition coefficient (Wildman–Crippen LogP) is 1.30. The Morgan fingerprint density at radius 2 is 2.36 bits per heavy atom. The molecule has 0 aliphatic heterocycles. The van der Waals surface area contributed by atoms with Crippen LogP contribution in [0.3, 0.4) is 0 Å².